The summed E-state index contributed by atoms with van der Waals surface area (Å²) in [6, 6.07) is 4.44. The van der Waals surface area contributed by atoms with E-state index < -0.39 is 4.92 Å². The van der Waals surface area contributed by atoms with Gasteiger partial charge in [-0.2, -0.15) is 0 Å². The summed E-state index contributed by atoms with van der Waals surface area (Å²) in [5.74, 6) is 0. The summed E-state index contributed by atoms with van der Waals surface area (Å²) in [5.41, 5.74) is 1.01. The number of aliphatic hydroxyl groups is 1. The van der Waals surface area contributed by atoms with E-state index in [1.54, 1.807) is 13.2 Å². The molecule has 17 heavy (non-hydrogen) atoms. The summed E-state index contributed by atoms with van der Waals surface area (Å²) in [7, 11) is 1.57. The van der Waals surface area contributed by atoms with Crippen molar-refractivity contribution in [1.82, 2.24) is 0 Å². The van der Waals surface area contributed by atoms with Crippen LogP contribution in [0.2, 0.25) is 0 Å². The molecule has 0 aromatic heterocycles. The largest absolute Gasteiger partial charge is 0.392 e. The number of nitro benzene ring substituents is 1. The number of nitrogens with one attached hydrogen (secondary N) is 1. The molecule has 2 N–H and O–H groups in total. The molecule has 0 aliphatic rings. The van der Waals surface area contributed by atoms with Crippen molar-refractivity contribution in [1.29, 1.82) is 0 Å². The minimum Gasteiger partial charge on any atom is -0.392 e. The van der Waals surface area contributed by atoms with E-state index >= 15 is 0 Å². The summed E-state index contributed by atoms with van der Waals surface area (Å²) < 4.78 is 4.95. The van der Waals surface area contributed by atoms with Crippen molar-refractivity contribution in [2.24, 2.45) is 0 Å². The van der Waals surface area contributed by atoms with Crippen LogP contribution in [0.5, 0.6) is 0 Å². The van der Waals surface area contributed by atoms with Gasteiger partial charge in [0.05, 0.1) is 18.1 Å². The van der Waals surface area contributed by atoms with E-state index in [1.165, 1.54) is 12.1 Å². The maximum absolute atomic E-state index is 10.8. The van der Waals surface area contributed by atoms with Gasteiger partial charge in [-0.15, -0.1) is 0 Å². The molecule has 6 nitrogen and oxygen atoms in total. The molecule has 1 aromatic carbocycles. The van der Waals surface area contributed by atoms with E-state index in [4.69, 9.17) is 9.84 Å². The average Bonchev–Trinajstić information content (AvgIpc) is 2.28. The Balaban J connectivity index is 2.96. The Labute approximate surface area is 99.4 Å². The SMILES string of the molecule is COCC(C)Nc1cc(CO)ccc1[N+](=O)[O-]. The van der Waals surface area contributed by atoms with Crippen LogP contribution < -0.4 is 5.32 Å². The van der Waals surface area contributed by atoms with Gasteiger partial charge in [0.2, 0.25) is 0 Å². The topological polar surface area (TPSA) is 84.6 Å². The van der Waals surface area contributed by atoms with Crippen molar-refractivity contribution in [3.8, 4) is 0 Å². The third-order valence-electron chi connectivity index (χ3n) is 2.26. The number of ether oxygens (including phenoxy) is 1. The fourth-order valence-electron chi connectivity index (χ4n) is 1.51. The first kappa shape index (κ1) is 13.4. The molecule has 0 aliphatic heterocycles. The van der Waals surface area contributed by atoms with Gasteiger partial charge in [0.15, 0.2) is 0 Å². The van der Waals surface area contributed by atoms with Gasteiger partial charge in [0.1, 0.15) is 5.69 Å². The lowest BCUT2D eigenvalue weighted by molar-refractivity contribution is -0.384. The van der Waals surface area contributed by atoms with Crippen molar-refractivity contribution in [3.05, 3.63) is 33.9 Å². The molecule has 1 unspecified atom stereocenters. The summed E-state index contributed by atoms with van der Waals surface area (Å²) in [6.45, 7) is 2.16. The molecule has 1 rings (SSSR count). The Hall–Kier alpha value is -1.66. The smallest absolute Gasteiger partial charge is 0.292 e. The van der Waals surface area contributed by atoms with Gasteiger partial charge in [-0.3, -0.25) is 10.1 Å². The minimum atomic E-state index is -0.455. The number of anilines is 1. The van der Waals surface area contributed by atoms with Crippen LogP contribution in [-0.2, 0) is 11.3 Å². The highest BCUT2D eigenvalue weighted by Gasteiger charge is 2.15. The first-order valence-corrected chi connectivity index (χ1v) is 5.22. The lowest BCUT2D eigenvalue weighted by atomic mass is 10.1. The summed E-state index contributed by atoms with van der Waals surface area (Å²) in [6.07, 6.45) is 0. The van der Waals surface area contributed by atoms with Crippen molar-refractivity contribution in [2.75, 3.05) is 19.0 Å². The maximum atomic E-state index is 10.8. The van der Waals surface area contributed by atoms with E-state index in [-0.39, 0.29) is 18.3 Å². The first-order chi connectivity index (χ1) is 8.08. The summed E-state index contributed by atoms with van der Waals surface area (Å²) in [5, 5.41) is 22.8. The molecule has 0 bridgehead atoms. The number of hydrogen-bond donors (Lipinski definition) is 2. The van der Waals surface area contributed by atoms with Gasteiger partial charge in [-0.1, -0.05) is 0 Å². The Morgan fingerprint density at radius 1 is 1.59 bits per heavy atom. The van der Waals surface area contributed by atoms with Crippen LogP contribution in [0, 0.1) is 10.1 Å². The number of nitro groups is 1. The highest BCUT2D eigenvalue weighted by molar-refractivity contribution is 5.63. The highest BCUT2D eigenvalue weighted by Crippen LogP contribution is 2.26. The van der Waals surface area contributed by atoms with Crippen LogP contribution in [0.25, 0.3) is 0 Å². The summed E-state index contributed by atoms with van der Waals surface area (Å²) >= 11 is 0. The van der Waals surface area contributed by atoms with Crippen LogP contribution >= 0.6 is 0 Å². The Kier molecular flexibility index (Phi) is 4.86. The molecule has 94 valence electrons. The van der Waals surface area contributed by atoms with Crippen molar-refractivity contribution < 1.29 is 14.8 Å². The standard InChI is InChI=1S/C11H16N2O4/c1-8(7-17-2)12-10-5-9(6-14)3-4-11(10)13(15)16/h3-5,8,12,14H,6-7H2,1-2H3. The van der Waals surface area contributed by atoms with E-state index in [0.29, 0.717) is 17.9 Å². The van der Waals surface area contributed by atoms with E-state index in [9.17, 15) is 10.1 Å². The fourth-order valence-corrected chi connectivity index (χ4v) is 1.51. The first-order valence-electron chi connectivity index (χ1n) is 5.22. The molecule has 1 aromatic rings. The van der Waals surface area contributed by atoms with Crippen LogP contribution in [0.4, 0.5) is 11.4 Å². The third kappa shape index (κ3) is 3.69. The third-order valence-corrected chi connectivity index (χ3v) is 2.26. The Morgan fingerprint density at radius 3 is 2.82 bits per heavy atom. The van der Waals surface area contributed by atoms with Gasteiger partial charge in [0.25, 0.3) is 5.69 Å². The zero-order chi connectivity index (χ0) is 12.8. The monoisotopic (exact) mass is 240 g/mol. The van der Waals surface area contributed by atoms with Crippen molar-refractivity contribution >= 4 is 11.4 Å². The van der Waals surface area contributed by atoms with Crippen molar-refractivity contribution in [3.63, 3.8) is 0 Å². The lowest BCUT2D eigenvalue weighted by Crippen LogP contribution is -2.21. The molecule has 0 spiro atoms. The van der Waals surface area contributed by atoms with Gasteiger partial charge in [0, 0.05) is 19.2 Å². The second kappa shape index (κ2) is 6.17. The van der Waals surface area contributed by atoms with Crippen LogP contribution in [0.15, 0.2) is 18.2 Å². The molecule has 0 heterocycles. The second-order valence-electron chi connectivity index (χ2n) is 3.77. The van der Waals surface area contributed by atoms with Crippen LogP contribution in [-0.4, -0.2) is 29.8 Å². The van der Waals surface area contributed by atoms with E-state index in [2.05, 4.69) is 5.32 Å². The van der Waals surface area contributed by atoms with Crippen LogP contribution in [0.3, 0.4) is 0 Å². The molecule has 0 amide bonds. The number of aliphatic hydroxyl groups excluding tert-OH is 1. The predicted molar refractivity (Wildman–Crippen MR) is 64.0 cm³/mol. The van der Waals surface area contributed by atoms with Crippen LogP contribution in [0.1, 0.15) is 12.5 Å². The predicted octanol–water partition coefficient (Wildman–Crippen LogP) is 1.53. The molecule has 0 saturated carbocycles. The number of benzene rings is 1. The molecular weight excluding hydrogens is 224 g/mol. The second-order valence-corrected chi connectivity index (χ2v) is 3.77. The Morgan fingerprint density at radius 2 is 2.29 bits per heavy atom. The molecule has 0 radical (unpaired) electrons. The molecule has 0 fully saturated rings. The minimum absolute atomic E-state index is 0.00912. The maximum Gasteiger partial charge on any atom is 0.292 e. The molecule has 0 saturated heterocycles. The van der Waals surface area contributed by atoms with Crippen molar-refractivity contribution in [2.45, 2.75) is 19.6 Å². The number of hydrogen-bond acceptors (Lipinski definition) is 5. The Bertz CT molecular complexity index is 395. The molecule has 0 aliphatic carbocycles. The average molecular weight is 240 g/mol. The number of nitrogens with zero attached hydrogens (tertiary/aromatic N) is 1. The van der Waals surface area contributed by atoms with Gasteiger partial charge >= 0.3 is 0 Å². The summed E-state index contributed by atoms with van der Waals surface area (Å²) in [4.78, 5) is 10.4. The highest BCUT2D eigenvalue weighted by atomic mass is 16.6. The zero-order valence-electron chi connectivity index (χ0n) is 9.84. The van der Waals surface area contributed by atoms with E-state index in [1.807, 2.05) is 6.92 Å². The number of methoxy groups -OCH3 is 1. The normalized spacial score (nSPS) is 12.2. The van der Waals surface area contributed by atoms with E-state index in [0.717, 1.165) is 0 Å². The quantitative estimate of drug-likeness (QED) is 0.582. The zero-order valence-corrected chi connectivity index (χ0v) is 9.84. The van der Waals surface area contributed by atoms with Gasteiger partial charge in [-0.05, 0) is 24.6 Å². The molecule has 1 atom stereocenters. The number of rotatable bonds is 6. The van der Waals surface area contributed by atoms with Gasteiger partial charge < -0.3 is 15.2 Å². The molecule has 6 heteroatoms. The molecular formula is C11H16N2O4. The fraction of sp³-hybridized carbons (Fsp3) is 0.455. The van der Waals surface area contributed by atoms with Gasteiger partial charge in [-0.25, -0.2) is 0 Å². The lowest BCUT2D eigenvalue weighted by Gasteiger charge is -2.14.